The molecule has 2 N–H and O–H groups in total. The maximum absolute atomic E-state index is 12.9. The minimum absolute atomic E-state index is 0.0202. The van der Waals surface area contributed by atoms with Gasteiger partial charge in [0.05, 0.1) is 6.54 Å². The quantitative estimate of drug-likeness (QED) is 0.315. The molecule has 9 heteroatoms. The Balaban J connectivity index is 1.05. The van der Waals surface area contributed by atoms with Gasteiger partial charge in [0.1, 0.15) is 5.69 Å². The number of nitrogens with one attached hydrogen (secondary N) is 2. The summed E-state index contributed by atoms with van der Waals surface area (Å²) < 4.78 is 0. The van der Waals surface area contributed by atoms with Gasteiger partial charge in [-0.15, -0.1) is 11.3 Å². The lowest BCUT2D eigenvalue weighted by Crippen LogP contribution is -2.51. The van der Waals surface area contributed by atoms with Gasteiger partial charge in [0.25, 0.3) is 5.91 Å². The van der Waals surface area contributed by atoms with E-state index in [1.807, 2.05) is 42.5 Å². The van der Waals surface area contributed by atoms with E-state index in [0.717, 1.165) is 16.8 Å². The zero-order valence-electron chi connectivity index (χ0n) is 20.8. The molecule has 0 unspecified atom stereocenters. The molecule has 3 aromatic carbocycles. The van der Waals surface area contributed by atoms with Gasteiger partial charge in [-0.25, -0.2) is 4.98 Å². The first-order valence-corrected chi connectivity index (χ1v) is 13.7. The van der Waals surface area contributed by atoms with Gasteiger partial charge in [0, 0.05) is 48.8 Å². The van der Waals surface area contributed by atoms with Gasteiger partial charge >= 0.3 is 0 Å². The fraction of sp³-hybridized carbons (Fsp3) is 0.207. The summed E-state index contributed by atoms with van der Waals surface area (Å²) >= 11 is 7.41. The Hall–Kier alpha value is -3.72. The molecule has 0 atom stereocenters. The van der Waals surface area contributed by atoms with E-state index in [1.165, 1.54) is 16.9 Å². The summed E-state index contributed by atoms with van der Waals surface area (Å²) in [6, 6.07) is 25.8. The average molecular weight is 546 g/mol. The molecule has 1 aromatic heterocycles. The molecule has 2 amide bonds. The third-order valence-corrected chi connectivity index (χ3v) is 7.37. The van der Waals surface area contributed by atoms with Crippen LogP contribution in [0.4, 0.5) is 10.8 Å². The minimum atomic E-state index is -0.0940. The Morgan fingerprint density at radius 1 is 0.895 bits per heavy atom. The SMILES string of the molecule is O=C(CN1CCN(C(=O)c2csc(Nc3cccc(Cl)c3)n2)CC1)NCc1ccc(-c2ccccc2)cc1. The van der Waals surface area contributed by atoms with Gasteiger partial charge in [-0.1, -0.05) is 72.3 Å². The van der Waals surface area contributed by atoms with E-state index < -0.39 is 0 Å². The van der Waals surface area contributed by atoms with E-state index in [2.05, 4.69) is 44.8 Å². The summed E-state index contributed by atoms with van der Waals surface area (Å²) in [5.41, 5.74) is 4.62. The second-order valence-corrected chi connectivity index (χ2v) is 10.4. The molecular formula is C29H28ClN5O2S. The van der Waals surface area contributed by atoms with Crippen molar-refractivity contribution >= 4 is 45.6 Å². The van der Waals surface area contributed by atoms with Gasteiger partial charge in [-0.05, 0) is 34.9 Å². The van der Waals surface area contributed by atoms with Crippen LogP contribution < -0.4 is 10.6 Å². The van der Waals surface area contributed by atoms with E-state index in [0.29, 0.717) is 55.1 Å². The average Bonchev–Trinajstić information content (AvgIpc) is 3.41. The van der Waals surface area contributed by atoms with Crippen molar-refractivity contribution in [3.05, 3.63) is 101 Å². The number of nitrogens with zero attached hydrogens (tertiary/aromatic N) is 3. The number of benzene rings is 3. The Morgan fingerprint density at radius 3 is 2.37 bits per heavy atom. The summed E-state index contributed by atoms with van der Waals surface area (Å²) in [5, 5.41) is 9.23. The predicted molar refractivity (Wildman–Crippen MR) is 153 cm³/mol. The molecule has 0 saturated carbocycles. The van der Waals surface area contributed by atoms with Crippen molar-refractivity contribution in [1.82, 2.24) is 20.1 Å². The van der Waals surface area contributed by atoms with E-state index in [1.54, 1.807) is 22.4 Å². The van der Waals surface area contributed by atoms with E-state index in [4.69, 9.17) is 11.6 Å². The van der Waals surface area contributed by atoms with Crippen LogP contribution in [0.15, 0.2) is 84.2 Å². The Morgan fingerprint density at radius 2 is 1.63 bits per heavy atom. The molecule has 2 heterocycles. The number of hydrogen-bond acceptors (Lipinski definition) is 6. The van der Waals surface area contributed by atoms with Crippen molar-refractivity contribution in [2.75, 3.05) is 38.0 Å². The van der Waals surface area contributed by atoms with E-state index >= 15 is 0 Å². The van der Waals surface area contributed by atoms with Gasteiger partial charge in [-0.2, -0.15) is 0 Å². The van der Waals surface area contributed by atoms with E-state index in [9.17, 15) is 9.59 Å². The predicted octanol–water partition coefficient (Wildman–Crippen LogP) is 5.28. The molecule has 1 fully saturated rings. The normalized spacial score (nSPS) is 13.8. The number of carbonyl (C=O) groups is 2. The van der Waals surface area contributed by atoms with Crippen molar-refractivity contribution in [2.45, 2.75) is 6.54 Å². The summed E-state index contributed by atoms with van der Waals surface area (Å²) in [6.45, 7) is 3.20. The summed E-state index contributed by atoms with van der Waals surface area (Å²) in [5.74, 6) is -0.114. The number of amides is 2. The number of hydrogen-bond donors (Lipinski definition) is 2. The lowest BCUT2D eigenvalue weighted by molar-refractivity contribution is -0.122. The van der Waals surface area contributed by atoms with Crippen LogP contribution in [-0.4, -0.2) is 59.3 Å². The van der Waals surface area contributed by atoms with Crippen LogP contribution >= 0.6 is 22.9 Å². The van der Waals surface area contributed by atoms with Crippen LogP contribution in [0.5, 0.6) is 0 Å². The van der Waals surface area contributed by atoms with Crippen LogP contribution in [0.1, 0.15) is 16.1 Å². The molecule has 5 rings (SSSR count). The van der Waals surface area contributed by atoms with Crippen molar-refractivity contribution < 1.29 is 9.59 Å². The summed E-state index contributed by atoms with van der Waals surface area (Å²) in [7, 11) is 0. The Bertz CT molecular complexity index is 1390. The standard InChI is InChI=1S/C29H28ClN5O2S/c30-24-7-4-8-25(17-24)32-29-33-26(20-38-29)28(37)35-15-13-34(14-16-35)19-27(36)31-18-21-9-11-23(12-10-21)22-5-2-1-3-6-22/h1-12,17,20H,13-16,18-19H2,(H,31,36)(H,32,33). The van der Waals surface area contributed by atoms with Crippen molar-refractivity contribution in [3.8, 4) is 11.1 Å². The second kappa shape index (κ2) is 12.2. The first-order valence-electron chi connectivity index (χ1n) is 12.4. The van der Waals surface area contributed by atoms with Crippen LogP contribution in [0.3, 0.4) is 0 Å². The Kier molecular flexibility index (Phi) is 8.33. The van der Waals surface area contributed by atoms with Crippen LogP contribution in [0.2, 0.25) is 5.02 Å². The maximum Gasteiger partial charge on any atom is 0.273 e. The van der Waals surface area contributed by atoms with Gasteiger partial charge < -0.3 is 15.5 Å². The molecule has 0 bridgehead atoms. The number of thiazole rings is 1. The van der Waals surface area contributed by atoms with Crippen LogP contribution in [0, 0.1) is 0 Å². The molecule has 4 aromatic rings. The number of rotatable bonds is 8. The molecular weight excluding hydrogens is 518 g/mol. The third-order valence-electron chi connectivity index (χ3n) is 6.38. The molecule has 0 aliphatic carbocycles. The molecule has 1 saturated heterocycles. The second-order valence-electron chi connectivity index (χ2n) is 9.08. The van der Waals surface area contributed by atoms with Crippen molar-refractivity contribution in [3.63, 3.8) is 0 Å². The first kappa shape index (κ1) is 25.9. The minimum Gasteiger partial charge on any atom is -0.351 e. The molecule has 7 nitrogen and oxygen atoms in total. The number of carbonyl (C=O) groups excluding carboxylic acids is 2. The monoisotopic (exact) mass is 545 g/mol. The molecule has 194 valence electrons. The first-order chi connectivity index (χ1) is 18.5. The number of halogens is 1. The number of aromatic nitrogens is 1. The van der Waals surface area contributed by atoms with Crippen LogP contribution in [-0.2, 0) is 11.3 Å². The highest BCUT2D eigenvalue weighted by Gasteiger charge is 2.25. The topological polar surface area (TPSA) is 77.6 Å². The van der Waals surface area contributed by atoms with Gasteiger partial charge in [0.2, 0.25) is 5.91 Å². The fourth-order valence-corrected chi connectivity index (χ4v) is 5.19. The molecule has 1 aliphatic heterocycles. The lowest BCUT2D eigenvalue weighted by Gasteiger charge is -2.33. The smallest absolute Gasteiger partial charge is 0.273 e. The summed E-state index contributed by atoms with van der Waals surface area (Å²) in [6.07, 6.45) is 0. The highest BCUT2D eigenvalue weighted by molar-refractivity contribution is 7.14. The lowest BCUT2D eigenvalue weighted by atomic mass is 10.0. The van der Waals surface area contributed by atoms with Gasteiger partial charge in [-0.3, -0.25) is 14.5 Å². The van der Waals surface area contributed by atoms with Gasteiger partial charge in [0.15, 0.2) is 5.13 Å². The number of anilines is 2. The highest BCUT2D eigenvalue weighted by atomic mass is 35.5. The third kappa shape index (κ3) is 6.77. The largest absolute Gasteiger partial charge is 0.351 e. The van der Waals surface area contributed by atoms with Crippen LogP contribution in [0.25, 0.3) is 11.1 Å². The molecule has 0 spiro atoms. The Labute approximate surface area is 231 Å². The van der Waals surface area contributed by atoms with E-state index in [-0.39, 0.29) is 11.8 Å². The zero-order valence-corrected chi connectivity index (χ0v) is 22.3. The summed E-state index contributed by atoms with van der Waals surface area (Å²) in [4.78, 5) is 33.8. The van der Waals surface area contributed by atoms with Crippen molar-refractivity contribution in [2.24, 2.45) is 0 Å². The van der Waals surface area contributed by atoms with Crippen molar-refractivity contribution in [1.29, 1.82) is 0 Å². The zero-order chi connectivity index (χ0) is 26.3. The number of piperazine rings is 1. The highest BCUT2D eigenvalue weighted by Crippen LogP contribution is 2.24. The molecule has 38 heavy (non-hydrogen) atoms. The molecule has 1 aliphatic rings. The maximum atomic E-state index is 12.9. The molecule has 0 radical (unpaired) electrons. The fourth-order valence-electron chi connectivity index (χ4n) is 4.30.